The lowest BCUT2D eigenvalue weighted by Gasteiger charge is -2.35. The molecule has 41 heavy (non-hydrogen) atoms. The highest BCUT2D eigenvalue weighted by atomic mass is 16.1. The van der Waals surface area contributed by atoms with Crippen molar-refractivity contribution in [3.8, 4) is 0 Å². The fraction of sp³-hybridized carbons (Fsp3) is 0.425. The third-order valence-corrected chi connectivity index (χ3v) is 8.22. The van der Waals surface area contributed by atoms with Crippen LogP contribution in [0.25, 0.3) is 0 Å². The van der Waals surface area contributed by atoms with Crippen LogP contribution in [-0.2, 0) is 4.79 Å². The van der Waals surface area contributed by atoms with E-state index in [-0.39, 0.29) is 16.6 Å². The van der Waals surface area contributed by atoms with E-state index < -0.39 is 0 Å². The van der Waals surface area contributed by atoms with Gasteiger partial charge < -0.3 is 0 Å². The fourth-order valence-electron chi connectivity index (χ4n) is 5.80. The summed E-state index contributed by atoms with van der Waals surface area (Å²) in [6, 6.07) is 0. The Kier molecular flexibility index (Phi) is 13.0. The lowest BCUT2D eigenvalue weighted by atomic mass is 9.68. The second kappa shape index (κ2) is 15.7. The van der Waals surface area contributed by atoms with Gasteiger partial charge >= 0.3 is 0 Å². The van der Waals surface area contributed by atoms with E-state index in [2.05, 4.69) is 154 Å². The number of ketones is 1. The number of carbonyl (C=O) groups is 1. The van der Waals surface area contributed by atoms with Gasteiger partial charge in [0.2, 0.25) is 0 Å². The lowest BCUT2D eigenvalue weighted by molar-refractivity contribution is -0.117. The normalized spacial score (nSPS) is 23.3. The molecule has 0 aromatic carbocycles. The van der Waals surface area contributed by atoms with Gasteiger partial charge in [0.25, 0.3) is 0 Å². The maximum atomic E-state index is 11.9. The molecule has 1 heteroatoms. The zero-order valence-electron chi connectivity index (χ0n) is 27.5. The number of hydrogen-bond acceptors (Lipinski definition) is 1. The van der Waals surface area contributed by atoms with Gasteiger partial charge in [-0.3, -0.25) is 4.79 Å². The third-order valence-electron chi connectivity index (χ3n) is 8.22. The minimum absolute atomic E-state index is 0.0347. The van der Waals surface area contributed by atoms with E-state index in [0.29, 0.717) is 12.3 Å². The number of hydrogen-bond donors (Lipinski definition) is 0. The first-order valence-corrected chi connectivity index (χ1v) is 15.2. The van der Waals surface area contributed by atoms with Gasteiger partial charge in [-0.1, -0.05) is 146 Å². The zero-order valence-corrected chi connectivity index (χ0v) is 27.5. The molecule has 0 aliphatic heterocycles. The Morgan fingerprint density at radius 1 is 0.756 bits per heavy atom. The van der Waals surface area contributed by atoms with Crippen LogP contribution in [0.15, 0.2) is 130 Å². The smallest absolute Gasteiger partial charge is 0.156 e. The quantitative estimate of drug-likeness (QED) is 0.247. The van der Waals surface area contributed by atoms with Gasteiger partial charge in [0.05, 0.1) is 0 Å². The predicted molar refractivity (Wildman–Crippen MR) is 182 cm³/mol. The van der Waals surface area contributed by atoms with Crippen molar-refractivity contribution < 1.29 is 4.79 Å². The summed E-state index contributed by atoms with van der Waals surface area (Å²) in [5.41, 5.74) is 9.31. The summed E-state index contributed by atoms with van der Waals surface area (Å²) in [5.74, 6) is 0.535. The molecule has 1 unspecified atom stereocenters. The molecule has 0 fully saturated rings. The van der Waals surface area contributed by atoms with Crippen molar-refractivity contribution in [2.24, 2.45) is 16.7 Å². The lowest BCUT2D eigenvalue weighted by Crippen LogP contribution is -2.30. The Balaban J connectivity index is 1.89. The van der Waals surface area contributed by atoms with Gasteiger partial charge in [-0.2, -0.15) is 0 Å². The van der Waals surface area contributed by atoms with Gasteiger partial charge in [-0.05, 0) is 83.3 Å². The molecule has 2 aliphatic carbocycles. The minimum atomic E-state index is -0.0347. The van der Waals surface area contributed by atoms with Gasteiger partial charge in [0, 0.05) is 12.3 Å². The molecule has 2 aliphatic rings. The molecule has 0 amide bonds. The van der Waals surface area contributed by atoms with Crippen molar-refractivity contribution in [3.63, 3.8) is 0 Å². The van der Waals surface area contributed by atoms with E-state index in [0.717, 1.165) is 5.57 Å². The molecule has 220 valence electrons. The van der Waals surface area contributed by atoms with Crippen molar-refractivity contribution in [1.82, 2.24) is 0 Å². The molecular formula is C40H54O. The molecule has 0 N–H and O–H groups in total. The summed E-state index contributed by atoms with van der Waals surface area (Å²) >= 11 is 0. The molecule has 0 bridgehead atoms. The maximum Gasteiger partial charge on any atom is 0.156 e. The average Bonchev–Trinajstić information content (AvgIpc) is 2.84. The van der Waals surface area contributed by atoms with Crippen LogP contribution in [0, 0.1) is 16.7 Å². The molecule has 0 saturated carbocycles. The highest BCUT2D eigenvalue weighted by Gasteiger charge is 2.34. The topological polar surface area (TPSA) is 17.1 Å². The van der Waals surface area contributed by atoms with Crippen LogP contribution in [0.1, 0.15) is 94.9 Å². The summed E-state index contributed by atoms with van der Waals surface area (Å²) in [4.78, 5) is 11.9. The van der Waals surface area contributed by atoms with Crippen molar-refractivity contribution in [2.75, 3.05) is 0 Å². The average molecular weight is 551 g/mol. The van der Waals surface area contributed by atoms with Crippen molar-refractivity contribution >= 4 is 5.78 Å². The summed E-state index contributed by atoms with van der Waals surface area (Å²) in [6.07, 6.45) is 36.5. The first-order valence-electron chi connectivity index (χ1n) is 15.2. The number of allylic oxidation sites excluding steroid dienone is 22. The van der Waals surface area contributed by atoms with Crippen LogP contribution in [0.4, 0.5) is 0 Å². The van der Waals surface area contributed by atoms with E-state index in [1.165, 1.54) is 52.7 Å². The summed E-state index contributed by atoms with van der Waals surface area (Å²) in [7, 11) is 0. The van der Waals surface area contributed by atoms with Gasteiger partial charge in [-0.25, -0.2) is 0 Å². The summed E-state index contributed by atoms with van der Waals surface area (Å²) < 4.78 is 0. The standard InChI is InChI=1S/C40H54O/c1-30(18-13-20-32(3)23-25-37-34(5)22-15-27-39(37,7)8)16-11-12-17-31(2)19-14-21-33(4)24-26-38-35(6)28-36(41)29-40(38,9)10/h11-14,16-21,23-26,28,38H,15,22,27,29H2,1-10H3/b12-11+,18-13+,19-14+,25-23+,26-24+,30-16+,31-17+,32-20+,33-21+. The van der Waals surface area contributed by atoms with E-state index in [4.69, 9.17) is 0 Å². The Labute approximate surface area is 252 Å². The molecule has 1 nitrogen and oxygen atoms in total. The highest BCUT2D eigenvalue weighted by Crippen LogP contribution is 2.41. The van der Waals surface area contributed by atoms with E-state index >= 15 is 0 Å². The molecule has 0 aromatic heterocycles. The van der Waals surface area contributed by atoms with E-state index in [9.17, 15) is 4.79 Å². The van der Waals surface area contributed by atoms with E-state index in [1.54, 1.807) is 0 Å². The van der Waals surface area contributed by atoms with Crippen LogP contribution in [-0.4, -0.2) is 5.78 Å². The first kappa shape index (κ1) is 34.0. The van der Waals surface area contributed by atoms with Crippen LogP contribution in [0.3, 0.4) is 0 Å². The molecule has 0 saturated heterocycles. The van der Waals surface area contributed by atoms with Crippen LogP contribution in [0.2, 0.25) is 0 Å². The minimum Gasteiger partial charge on any atom is -0.295 e. The number of carbonyl (C=O) groups excluding carboxylic acids is 1. The Hall–Kier alpha value is -3.19. The Morgan fingerprint density at radius 2 is 1.27 bits per heavy atom. The zero-order chi connectivity index (χ0) is 30.6. The summed E-state index contributed by atoms with van der Waals surface area (Å²) in [6.45, 7) is 22.0. The number of rotatable bonds is 10. The van der Waals surface area contributed by atoms with E-state index in [1.807, 2.05) is 6.08 Å². The van der Waals surface area contributed by atoms with Gasteiger partial charge in [0.15, 0.2) is 5.78 Å². The highest BCUT2D eigenvalue weighted by molar-refractivity contribution is 5.92. The molecule has 0 aromatic rings. The third kappa shape index (κ3) is 11.7. The Morgan fingerprint density at radius 3 is 1.80 bits per heavy atom. The molecular weight excluding hydrogens is 496 g/mol. The van der Waals surface area contributed by atoms with Gasteiger partial charge in [-0.15, -0.1) is 0 Å². The predicted octanol–water partition coefficient (Wildman–Crippen LogP) is 11.6. The molecule has 0 spiro atoms. The van der Waals surface area contributed by atoms with Crippen molar-refractivity contribution in [2.45, 2.75) is 94.9 Å². The molecule has 1 atom stereocenters. The molecule has 0 heterocycles. The largest absolute Gasteiger partial charge is 0.295 e. The molecule has 0 radical (unpaired) electrons. The monoisotopic (exact) mass is 550 g/mol. The summed E-state index contributed by atoms with van der Waals surface area (Å²) in [5, 5.41) is 0. The fourth-order valence-corrected chi connectivity index (χ4v) is 5.80. The van der Waals surface area contributed by atoms with Crippen molar-refractivity contribution in [1.29, 1.82) is 0 Å². The second-order valence-corrected chi connectivity index (χ2v) is 13.4. The maximum absolute atomic E-state index is 11.9. The SMILES string of the molecule is CC1=CC(=O)CC(C)(C)C1/C=C/C(C)=C/C=C/C(C)=C/C=C/C=C(C)/C=C/C=C(C)/C=C/C1=C(C)CCCC1(C)C. The van der Waals surface area contributed by atoms with Crippen LogP contribution in [0.5, 0.6) is 0 Å². The molecule has 2 rings (SSSR count). The second-order valence-electron chi connectivity index (χ2n) is 13.4. The first-order chi connectivity index (χ1) is 19.2. The van der Waals surface area contributed by atoms with Crippen LogP contribution < -0.4 is 0 Å². The Bertz CT molecular complexity index is 1280. The van der Waals surface area contributed by atoms with Crippen molar-refractivity contribution in [3.05, 3.63) is 130 Å². The van der Waals surface area contributed by atoms with Crippen LogP contribution >= 0.6 is 0 Å². The van der Waals surface area contributed by atoms with Gasteiger partial charge in [0.1, 0.15) is 0 Å².